The summed E-state index contributed by atoms with van der Waals surface area (Å²) in [5, 5.41) is 20.4. The normalized spacial score (nSPS) is 15.4. The molecule has 0 radical (unpaired) electrons. The molecule has 0 saturated heterocycles. The highest BCUT2D eigenvalue weighted by atomic mass is 19.1. The van der Waals surface area contributed by atoms with Crippen molar-refractivity contribution in [3.05, 3.63) is 101 Å². The predicted octanol–water partition coefficient (Wildman–Crippen LogP) is 11.7. The number of hydrogen-bond donors (Lipinski definition) is 2. The molecule has 7 nitrogen and oxygen atoms in total. The summed E-state index contributed by atoms with van der Waals surface area (Å²) in [6, 6.07) is 17.9. The fraction of sp³-hybridized carbons (Fsp3) is 0.529. The van der Waals surface area contributed by atoms with Crippen molar-refractivity contribution in [2.24, 2.45) is 11.3 Å². The Morgan fingerprint density at radius 1 is 0.712 bits per heavy atom. The highest BCUT2D eigenvalue weighted by Crippen LogP contribution is 2.40. The molecule has 59 heavy (non-hydrogen) atoms. The number of aliphatic hydroxyl groups excluding tert-OH is 2. The van der Waals surface area contributed by atoms with Crippen molar-refractivity contribution >= 4 is 11.9 Å². The standard InChI is InChI=1S/C51H69FO7/c1-7-9-10-13-38-16-18-39(19-17-38)40-20-22-41(23-21-40)42-24-25-46(47(52)33-42)45-31-43(14-11-28-58-49(55)36(3)4)48(57-30-27-51(34-53,35-54)26-8-2)44(32-45)15-12-29-59-50(56)37(5)6/h20-25,31-33,38-39,53-54H,3,5,7-19,26-30,34-35H2,1-2,4,6H3. The highest BCUT2D eigenvalue weighted by molar-refractivity contribution is 5.87. The average Bonchev–Trinajstić information content (AvgIpc) is 3.24. The molecule has 3 aromatic carbocycles. The minimum atomic E-state index is -0.680. The van der Waals surface area contributed by atoms with Crippen molar-refractivity contribution < 1.29 is 38.4 Å². The van der Waals surface area contributed by atoms with E-state index in [1.54, 1.807) is 19.9 Å². The average molecular weight is 813 g/mol. The number of aliphatic hydroxyl groups is 2. The third-order valence-corrected chi connectivity index (χ3v) is 12.0. The van der Waals surface area contributed by atoms with E-state index in [-0.39, 0.29) is 38.9 Å². The molecular weight excluding hydrogens is 744 g/mol. The van der Waals surface area contributed by atoms with Gasteiger partial charge in [-0.15, -0.1) is 0 Å². The minimum Gasteiger partial charge on any atom is -0.493 e. The Labute approximate surface area is 353 Å². The van der Waals surface area contributed by atoms with Gasteiger partial charge in [0.05, 0.1) is 33.0 Å². The number of aryl methyl sites for hydroxylation is 2. The lowest BCUT2D eigenvalue weighted by Crippen LogP contribution is -2.31. The minimum absolute atomic E-state index is 0.165. The molecule has 0 spiro atoms. The summed E-state index contributed by atoms with van der Waals surface area (Å²) in [7, 11) is 0. The predicted molar refractivity (Wildman–Crippen MR) is 236 cm³/mol. The molecule has 1 saturated carbocycles. The van der Waals surface area contributed by atoms with Gasteiger partial charge >= 0.3 is 11.9 Å². The second-order valence-corrected chi connectivity index (χ2v) is 16.9. The Hall–Kier alpha value is -4.27. The second-order valence-electron chi connectivity index (χ2n) is 16.9. The van der Waals surface area contributed by atoms with E-state index in [2.05, 4.69) is 44.3 Å². The van der Waals surface area contributed by atoms with E-state index in [1.807, 2.05) is 31.2 Å². The molecule has 3 aromatic rings. The second kappa shape index (κ2) is 24.1. The lowest BCUT2D eigenvalue weighted by atomic mass is 9.77. The van der Waals surface area contributed by atoms with Crippen LogP contribution in [0.15, 0.2) is 78.9 Å². The summed E-state index contributed by atoms with van der Waals surface area (Å²) < 4.78 is 33.6. The van der Waals surface area contributed by atoms with Crippen LogP contribution in [0.4, 0.5) is 4.39 Å². The van der Waals surface area contributed by atoms with Gasteiger partial charge in [0.15, 0.2) is 0 Å². The molecule has 1 aliphatic carbocycles. The first-order valence-corrected chi connectivity index (χ1v) is 22.0. The Morgan fingerprint density at radius 2 is 1.29 bits per heavy atom. The summed E-state index contributed by atoms with van der Waals surface area (Å²) >= 11 is 0. The molecule has 0 aliphatic heterocycles. The molecule has 4 rings (SSSR count). The zero-order valence-electron chi connectivity index (χ0n) is 36.2. The van der Waals surface area contributed by atoms with Crippen LogP contribution in [-0.4, -0.2) is 55.2 Å². The van der Waals surface area contributed by atoms with E-state index in [0.29, 0.717) is 72.5 Å². The molecular formula is C51H69FO7. The van der Waals surface area contributed by atoms with Crippen molar-refractivity contribution in [3.8, 4) is 28.0 Å². The van der Waals surface area contributed by atoms with Gasteiger partial charge in [0.1, 0.15) is 11.6 Å². The van der Waals surface area contributed by atoms with Crippen molar-refractivity contribution in [1.29, 1.82) is 0 Å². The third kappa shape index (κ3) is 14.2. The number of esters is 2. The molecule has 322 valence electrons. The van der Waals surface area contributed by atoms with E-state index >= 15 is 4.39 Å². The van der Waals surface area contributed by atoms with Gasteiger partial charge in [-0.3, -0.25) is 0 Å². The van der Waals surface area contributed by atoms with E-state index < -0.39 is 17.4 Å². The number of unbranched alkanes of at least 4 members (excludes halogenated alkanes) is 2. The van der Waals surface area contributed by atoms with Gasteiger partial charge in [-0.1, -0.05) is 95.5 Å². The number of hydrogen-bond acceptors (Lipinski definition) is 7. The van der Waals surface area contributed by atoms with Crippen LogP contribution in [0.5, 0.6) is 5.75 Å². The first-order valence-electron chi connectivity index (χ1n) is 22.0. The molecule has 2 N–H and O–H groups in total. The lowest BCUT2D eigenvalue weighted by molar-refractivity contribution is -0.139. The maximum Gasteiger partial charge on any atom is 0.333 e. The molecule has 8 heteroatoms. The van der Waals surface area contributed by atoms with Crippen LogP contribution in [-0.2, 0) is 31.9 Å². The summed E-state index contributed by atoms with van der Waals surface area (Å²) in [6.07, 6.45) is 14.2. The first kappa shape index (κ1) is 47.4. The van der Waals surface area contributed by atoms with Crippen molar-refractivity contribution in [2.75, 3.05) is 33.0 Å². The van der Waals surface area contributed by atoms with E-state index in [0.717, 1.165) is 34.6 Å². The third-order valence-electron chi connectivity index (χ3n) is 12.0. The maximum atomic E-state index is 16.3. The first-order chi connectivity index (χ1) is 28.4. The van der Waals surface area contributed by atoms with Crippen LogP contribution in [0.1, 0.15) is 134 Å². The van der Waals surface area contributed by atoms with Gasteiger partial charge in [0.2, 0.25) is 0 Å². The van der Waals surface area contributed by atoms with Crippen molar-refractivity contribution in [2.45, 2.75) is 130 Å². The Bertz CT molecular complexity index is 1760. The number of carbonyl (C=O) groups is 2. The summed E-state index contributed by atoms with van der Waals surface area (Å²) in [6.45, 7) is 15.0. The van der Waals surface area contributed by atoms with Crippen LogP contribution in [0.2, 0.25) is 0 Å². The van der Waals surface area contributed by atoms with Crippen LogP contribution in [0, 0.1) is 17.2 Å². The number of ether oxygens (including phenoxy) is 3. The molecule has 1 aliphatic rings. The topological polar surface area (TPSA) is 102 Å². The van der Waals surface area contributed by atoms with Crippen LogP contribution >= 0.6 is 0 Å². The molecule has 0 bridgehead atoms. The largest absolute Gasteiger partial charge is 0.493 e. The number of rotatable bonds is 25. The quantitative estimate of drug-likeness (QED) is 0.0499. The van der Waals surface area contributed by atoms with Crippen LogP contribution in [0.3, 0.4) is 0 Å². The number of carbonyl (C=O) groups excluding carboxylic acids is 2. The highest BCUT2D eigenvalue weighted by Gasteiger charge is 2.28. The zero-order chi connectivity index (χ0) is 42.8. The lowest BCUT2D eigenvalue weighted by Gasteiger charge is -2.30. The zero-order valence-corrected chi connectivity index (χ0v) is 36.2. The SMILES string of the molecule is C=C(C)C(=O)OCCCc1cc(-c2ccc(-c3ccc(C4CCC(CCCCC)CC4)cc3)cc2F)cc(CCCOC(=O)C(=C)C)c1OCCC(CO)(CO)CCC. The number of halogens is 1. The fourth-order valence-corrected chi connectivity index (χ4v) is 8.30. The smallest absolute Gasteiger partial charge is 0.333 e. The number of benzene rings is 3. The van der Waals surface area contributed by atoms with E-state index in [9.17, 15) is 19.8 Å². The molecule has 1 fully saturated rings. The van der Waals surface area contributed by atoms with Gasteiger partial charge in [-0.05, 0) is 141 Å². The van der Waals surface area contributed by atoms with Gasteiger partial charge in [0, 0.05) is 22.1 Å². The summed E-state index contributed by atoms with van der Waals surface area (Å²) in [4.78, 5) is 24.3. The monoisotopic (exact) mass is 813 g/mol. The van der Waals surface area contributed by atoms with Gasteiger partial charge in [0.25, 0.3) is 0 Å². The van der Waals surface area contributed by atoms with Crippen LogP contribution < -0.4 is 4.74 Å². The molecule has 0 heterocycles. The summed E-state index contributed by atoms with van der Waals surface area (Å²) in [5.74, 6) is 0.798. The van der Waals surface area contributed by atoms with Gasteiger partial charge in [-0.25, -0.2) is 14.0 Å². The maximum absolute atomic E-state index is 16.3. The fourth-order valence-electron chi connectivity index (χ4n) is 8.30. The Balaban J connectivity index is 1.62. The van der Waals surface area contributed by atoms with E-state index in [1.165, 1.54) is 56.9 Å². The van der Waals surface area contributed by atoms with Crippen LogP contribution in [0.25, 0.3) is 22.3 Å². The molecule has 0 aromatic heterocycles. The molecule has 0 unspecified atom stereocenters. The molecule has 0 amide bonds. The van der Waals surface area contributed by atoms with E-state index in [4.69, 9.17) is 14.2 Å². The Morgan fingerprint density at radius 3 is 1.80 bits per heavy atom. The van der Waals surface area contributed by atoms with Crippen molar-refractivity contribution in [3.63, 3.8) is 0 Å². The summed E-state index contributed by atoms with van der Waals surface area (Å²) in [5.41, 5.74) is 5.84. The molecule has 0 atom stereocenters. The Kier molecular flexibility index (Phi) is 19.4. The van der Waals surface area contributed by atoms with Crippen molar-refractivity contribution in [1.82, 2.24) is 0 Å². The van der Waals surface area contributed by atoms with Gasteiger partial charge < -0.3 is 24.4 Å². The van der Waals surface area contributed by atoms with Gasteiger partial charge in [-0.2, -0.15) is 0 Å².